The molecular weight excluding hydrogens is 210 g/mol. The molecule has 0 saturated carbocycles. The van der Waals surface area contributed by atoms with Gasteiger partial charge in [0, 0.05) is 18.8 Å². The Balaban J connectivity index is 2.78. The van der Waals surface area contributed by atoms with E-state index in [1.54, 1.807) is 0 Å². The van der Waals surface area contributed by atoms with Crippen LogP contribution in [0.4, 0.5) is 0 Å². The molecule has 17 heavy (non-hydrogen) atoms. The molecule has 1 N–H and O–H groups in total. The molecule has 1 heterocycles. The van der Waals surface area contributed by atoms with Gasteiger partial charge in [0.05, 0.1) is 5.69 Å². The van der Waals surface area contributed by atoms with E-state index in [0.717, 1.165) is 31.7 Å². The zero-order valence-electron chi connectivity index (χ0n) is 12.0. The zero-order valence-corrected chi connectivity index (χ0v) is 12.0. The Morgan fingerprint density at radius 3 is 2.59 bits per heavy atom. The summed E-state index contributed by atoms with van der Waals surface area (Å²) in [5, 5.41) is 8.00. The maximum absolute atomic E-state index is 4.52. The summed E-state index contributed by atoms with van der Waals surface area (Å²) in [5.74, 6) is 0. The van der Waals surface area contributed by atoms with Crippen molar-refractivity contribution < 1.29 is 0 Å². The molecule has 1 rings (SSSR count). The summed E-state index contributed by atoms with van der Waals surface area (Å²) in [4.78, 5) is 0. The van der Waals surface area contributed by atoms with Crippen molar-refractivity contribution >= 4 is 0 Å². The average Bonchev–Trinajstić information content (AvgIpc) is 2.66. The minimum Gasteiger partial charge on any atom is -0.316 e. The summed E-state index contributed by atoms with van der Waals surface area (Å²) >= 11 is 0. The molecule has 0 aromatic carbocycles. The third kappa shape index (κ3) is 3.84. The summed E-state index contributed by atoms with van der Waals surface area (Å²) in [6, 6.07) is 2.23. The predicted molar refractivity (Wildman–Crippen MR) is 73.3 cm³/mol. The van der Waals surface area contributed by atoms with E-state index >= 15 is 0 Å². The normalized spacial score (nSPS) is 14.9. The number of hydrogen-bond acceptors (Lipinski definition) is 2. The van der Waals surface area contributed by atoms with E-state index < -0.39 is 0 Å². The fraction of sp³-hybridized carbons (Fsp3) is 0.786. The van der Waals surface area contributed by atoms with Gasteiger partial charge in [0.2, 0.25) is 0 Å². The third-order valence-corrected chi connectivity index (χ3v) is 3.55. The van der Waals surface area contributed by atoms with Crippen molar-refractivity contribution in [2.24, 2.45) is 5.41 Å². The second-order valence-corrected chi connectivity index (χ2v) is 5.21. The molecule has 0 fully saturated rings. The lowest BCUT2D eigenvalue weighted by atomic mass is 9.82. The van der Waals surface area contributed by atoms with Crippen molar-refractivity contribution in [2.75, 3.05) is 13.1 Å². The smallest absolute Gasteiger partial charge is 0.0596 e. The van der Waals surface area contributed by atoms with Gasteiger partial charge in [-0.3, -0.25) is 4.68 Å². The van der Waals surface area contributed by atoms with Crippen LogP contribution < -0.4 is 5.32 Å². The van der Waals surface area contributed by atoms with E-state index in [-0.39, 0.29) is 0 Å². The van der Waals surface area contributed by atoms with Gasteiger partial charge in [-0.05, 0) is 44.7 Å². The standard InChI is InChI=1S/C14H27N3/c1-6-14(5,11-15-7-2)10-13-9-12(4)16-17(13)8-3/h9,15H,6-8,10-11H2,1-5H3. The van der Waals surface area contributed by atoms with Crippen molar-refractivity contribution in [1.29, 1.82) is 0 Å². The quantitative estimate of drug-likeness (QED) is 0.790. The first-order chi connectivity index (χ1) is 8.04. The highest BCUT2D eigenvalue weighted by atomic mass is 15.3. The highest BCUT2D eigenvalue weighted by Gasteiger charge is 2.23. The molecule has 0 aliphatic carbocycles. The molecule has 1 aromatic rings. The van der Waals surface area contributed by atoms with Crippen molar-refractivity contribution in [2.45, 2.75) is 54.0 Å². The Bertz CT molecular complexity index is 343. The first kappa shape index (κ1) is 14.2. The molecular formula is C14H27N3. The fourth-order valence-electron chi connectivity index (χ4n) is 2.19. The van der Waals surface area contributed by atoms with Gasteiger partial charge in [-0.15, -0.1) is 0 Å². The van der Waals surface area contributed by atoms with Crippen LogP contribution in [0.15, 0.2) is 6.07 Å². The lowest BCUT2D eigenvalue weighted by Crippen LogP contribution is -2.33. The summed E-state index contributed by atoms with van der Waals surface area (Å²) in [6.45, 7) is 14.1. The Morgan fingerprint density at radius 2 is 2.06 bits per heavy atom. The second-order valence-electron chi connectivity index (χ2n) is 5.21. The molecule has 3 nitrogen and oxygen atoms in total. The highest BCUT2D eigenvalue weighted by molar-refractivity contribution is 5.11. The third-order valence-electron chi connectivity index (χ3n) is 3.55. The van der Waals surface area contributed by atoms with E-state index in [1.807, 2.05) is 0 Å². The minimum atomic E-state index is 0.329. The average molecular weight is 237 g/mol. The van der Waals surface area contributed by atoms with Crippen molar-refractivity contribution in [3.8, 4) is 0 Å². The maximum Gasteiger partial charge on any atom is 0.0596 e. The van der Waals surface area contributed by atoms with Gasteiger partial charge in [0.1, 0.15) is 0 Å². The SMILES string of the molecule is CCNCC(C)(CC)Cc1cc(C)nn1CC. The van der Waals surface area contributed by atoms with Gasteiger partial charge >= 0.3 is 0 Å². The van der Waals surface area contributed by atoms with E-state index in [0.29, 0.717) is 5.41 Å². The van der Waals surface area contributed by atoms with E-state index in [1.165, 1.54) is 12.1 Å². The number of nitrogens with zero attached hydrogens (tertiary/aromatic N) is 2. The second kappa shape index (κ2) is 6.20. The molecule has 1 unspecified atom stereocenters. The number of aryl methyl sites for hydroxylation is 2. The summed E-state index contributed by atoms with van der Waals surface area (Å²) in [7, 11) is 0. The number of nitrogens with one attached hydrogen (secondary N) is 1. The molecule has 0 bridgehead atoms. The Morgan fingerprint density at radius 1 is 1.35 bits per heavy atom. The topological polar surface area (TPSA) is 29.9 Å². The lowest BCUT2D eigenvalue weighted by Gasteiger charge is -2.28. The Labute approximate surface area is 106 Å². The molecule has 3 heteroatoms. The van der Waals surface area contributed by atoms with E-state index in [2.05, 4.69) is 55.8 Å². The molecule has 0 radical (unpaired) electrons. The lowest BCUT2D eigenvalue weighted by molar-refractivity contribution is 0.285. The molecule has 98 valence electrons. The minimum absolute atomic E-state index is 0.329. The van der Waals surface area contributed by atoms with Gasteiger partial charge in [-0.25, -0.2) is 0 Å². The van der Waals surface area contributed by atoms with Crippen molar-refractivity contribution in [3.05, 3.63) is 17.5 Å². The van der Waals surface area contributed by atoms with Crippen LogP contribution in [-0.2, 0) is 13.0 Å². The van der Waals surface area contributed by atoms with Crippen LogP contribution in [0.1, 0.15) is 45.5 Å². The van der Waals surface area contributed by atoms with Gasteiger partial charge in [-0.1, -0.05) is 20.8 Å². The van der Waals surface area contributed by atoms with Crippen molar-refractivity contribution in [1.82, 2.24) is 15.1 Å². The van der Waals surface area contributed by atoms with Gasteiger partial charge in [-0.2, -0.15) is 5.10 Å². The van der Waals surface area contributed by atoms with Crippen LogP contribution in [0.3, 0.4) is 0 Å². The number of rotatable bonds is 7. The van der Waals surface area contributed by atoms with Crippen LogP contribution >= 0.6 is 0 Å². The summed E-state index contributed by atoms with van der Waals surface area (Å²) < 4.78 is 2.13. The molecule has 0 aliphatic heterocycles. The highest BCUT2D eigenvalue weighted by Crippen LogP contribution is 2.26. The Hall–Kier alpha value is -0.830. The molecule has 0 aliphatic rings. The molecule has 1 aromatic heterocycles. The van der Waals surface area contributed by atoms with Crippen LogP contribution in [0, 0.1) is 12.3 Å². The van der Waals surface area contributed by atoms with E-state index in [4.69, 9.17) is 0 Å². The largest absolute Gasteiger partial charge is 0.316 e. The molecule has 0 spiro atoms. The zero-order chi connectivity index (χ0) is 12.9. The monoisotopic (exact) mass is 237 g/mol. The molecule has 0 amide bonds. The first-order valence-electron chi connectivity index (χ1n) is 6.78. The van der Waals surface area contributed by atoms with Crippen LogP contribution in [0.25, 0.3) is 0 Å². The van der Waals surface area contributed by atoms with Crippen molar-refractivity contribution in [3.63, 3.8) is 0 Å². The summed E-state index contributed by atoms with van der Waals surface area (Å²) in [5.41, 5.74) is 2.83. The molecule has 0 saturated heterocycles. The van der Waals surface area contributed by atoms with Gasteiger partial charge < -0.3 is 5.32 Å². The maximum atomic E-state index is 4.52. The van der Waals surface area contributed by atoms with Gasteiger partial charge in [0.15, 0.2) is 0 Å². The summed E-state index contributed by atoms with van der Waals surface area (Å²) in [6.07, 6.45) is 2.29. The Kier molecular flexibility index (Phi) is 5.19. The van der Waals surface area contributed by atoms with Gasteiger partial charge in [0.25, 0.3) is 0 Å². The van der Waals surface area contributed by atoms with Crippen LogP contribution in [0.2, 0.25) is 0 Å². The predicted octanol–water partition coefficient (Wildman–Crippen LogP) is 2.78. The first-order valence-corrected chi connectivity index (χ1v) is 6.78. The van der Waals surface area contributed by atoms with Crippen LogP contribution in [-0.4, -0.2) is 22.9 Å². The number of aromatic nitrogens is 2. The van der Waals surface area contributed by atoms with Crippen LogP contribution in [0.5, 0.6) is 0 Å². The molecule has 1 atom stereocenters. The fourth-order valence-corrected chi connectivity index (χ4v) is 2.19. The number of hydrogen-bond donors (Lipinski definition) is 1. The van der Waals surface area contributed by atoms with E-state index in [9.17, 15) is 0 Å².